The maximum Gasteiger partial charge on any atom is 0.224 e. The average Bonchev–Trinajstić information content (AvgIpc) is 2.54. The van der Waals surface area contributed by atoms with Gasteiger partial charge < -0.3 is 15.2 Å². The van der Waals surface area contributed by atoms with Gasteiger partial charge in [0.15, 0.2) is 0 Å². The lowest BCUT2D eigenvalue weighted by Crippen LogP contribution is -2.24. The van der Waals surface area contributed by atoms with Crippen molar-refractivity contribution in [1.82, 2.24) is 0 Å². The molecule has 0 fully saturated rings. The zero-order valence-electron chi connectivity index (χ0n) is 12.8. The number of anilines is 1. The molecule has 0 saturated heterocycles. The van der Waals surface area contributed by atoms with Gasteiger partial charge in [-0.1, -0.05) is 29.8 Å². The monoisotopic (exact) mass is 309 g/mol. The van der Waals surface area contributed by atoms with E-state index in [9.17, 15) is 14.7 Å². The number of carboxylic acid groups (broad SMARTS) is 1. The zero-order chi connectivity index (χ0) is 16.7. The van der Waals surface area contributed by atoms with E-state index in [1.165, 1.54) is 5.56 Å². The first kappa shape index (κ1) is 16.4. The van der Waals surface area contributed by atoms with Crippen LogP contribution in [0.4, 0.5) is 11.4 Å². The summed E-state index contributed by atoms with van der Waals surface area (Å²) in [5, 5.41) is 12.9. The van der Waals surface area contributed by atoms with Crippen LogP contribution in [-0.4, -0.2) is 18.1 Å². The number of aryl methyl sites for hydroxylation is 1. The van der Waals surface area contributed by atoms with E-state index in [0.717, 1.165) is 11.3 Å². The van der Waals surface area contributed by atoms with Gasteiger partial charge in [-0.15, -0.1) is 0 Å². The zero-order valence-corrected chi connectivity index (χ0v) is 12.8. The Balaban J connectivity index is 1.92. The maximum atomic E-state index is 11.5. The Morgan fingerprint density at radius 1 is 1.04 bits per heavy atom. The third-order valence-electron chi connectivity index (χ3n) is 3.15. The smallest absolute Gasteiger partial charge is 0.224 e. The highest BCUT2D eigenvalue weighted by Crippen LogP contribution is 2.16. The summed E-state index contributed by atoms with van der Waals surface area (Å²) in [6, 6.07) is 15.0. The number of hydrogen-bond acceptors (Lipinski definition) is 4. The van der Waals surface area contributed by atoms with Crippen molar-refractivity contribution in [3.8, 4) is 0 Å². The van der Waals surface area contributed by atoms with Crippen molar-refractivity contribution in [2.24, 2.45) is 4.99 Å². The fourth-order valence-corrected chi connectivity index (χ4v) is 1.87. The molecule has 0 aliphatic heterocycles. The van der Waals surface area contributed by atoms with Crippen molar-refractivity contribution in [2.45, 2.75) is 19.8 Å². The fourth-order valence-electron chi connectivity index (χ4n) is 1.87. The van der Waals surface area contributed by atoms with Gasteiger partial charge in [0, 0.05) is 24.3 Å². The number of aliphatic carboxylic acids is 1. The quantitative estimate of drug-likeness (QED) is 0.831. The number of amides is 1. The van der Waals surface area contributed by atoms with Gasteiger partial charge in [-0.05, 0) is 43.2 Å². The number of rotatable bonds is 6. The molecule has 0 aromatic heterocycles. The molecule has 1 N–H and O–H groups in total. The summed E-state index contributed by atoms with van der Waals surface area (Å²) in [5.74, 6) is -1.59. The number of benzene rings is 2. The Labute approximate surface area is 134 Å². The molecule has 0 spiro atoms. The van der Waals surface area contributed by atoms with E-state index in [1.807, 2.05) is 31.2 Å². The molecule has 0 aliphatic rings. The van der Waals surface area contributed by atoms with Crippen LogP contribution in [0.5, 0.6) is 0 Å². The molecule has 0 bridgehead atoms. The summed E-state index contributed by atoms with van der Waals surface area (Å²) in [6.07, 6.45) is 1.38. The lowest BCUT2D eigenvalue weighted by atomic mass is 10.2. The minimum Gasteiger partial charge on any atom is -0.550 e. The van der Waals surface area contributed by atoms with E-state index in [2.05, 4.69) is 10.3 Å². The van der Waals surface area contributed by atoms with Gasteiger partial charge in [0.25, 0.3) is 0 Å². The molecule has 0 heterocycles. The van der Waals surface area contributed by atoms with E-state index in [1.54, 1.807) is 30.5 Å². The molecule has 2 aromatic carbocycles. The summed E-state index contributed by atoms with van der Waals surface area (Å²) in [6.45, 7) is 2.03. The van der Waals surface area contributed by atoms with Gasteiger partial charge in [-0.2, -0.15) is 0 Å². The van der Waals surface area contributed by atoms with E-state index < -0.39 is 5.97 Å². The Bertz CT molecular complexity index is 704. The molecule has 118 valence electrons. The largest absolute Gasteiger partial charge is 0.550 e. The number of nitrogens with zero attached hydrogens (tertiary/aromatic N) is 1. The van der Waals surface area contributed by atoms with Gasteiger partial charge in [0.1, 0.15) is 0 Å². The van der Waals surface area contributed by atoms with Gasteiger partial charge >= 0.3 is 0 Å². The van der Waals surface area contributed by atoms with Crippen LogP contribution in [-0.2, 0) is 9.59 Å². The number of nitrogens with one attached hydrogen (secondary N) is 1. The standard InChI is InChI=1S/C18H18N2O3/c1-13-2-4-14(5-3-13)12-19-15-6-8-16(9-7-15)20-17(21)10-11-18(22)23/h2-9,12H,10-11H2,1H3,(H,20,21)(H,22,23)/p-1. The van der Waals surface area contributed by atoms with Gasteiger partial charge in [0.05, 0.1) is 5.69 Å². The molecular weight excluding hydrogens is 292 g/mol. The molecule has 2 rings (SSSR count). The van der Waals surface area contributed by atoms with Crippen molar-refractivity contribution in [3.05, 3.63) is 59.7 Å². The van der Waals surface area contributed by atoms with Crippen LogP contribution >= 0.6 is 0 Å². The van der Waals surface area contributed by atoms with E-state index in [0.29, 0.717) is 5.69 Å². The van der Waals surface area contributed by atoms with Crippen LogP contribution in [0.25, 0.3) is 0 Å². The van der Waals surface area contributed by atoms with Gasteiger partial charge in [0.2, 0.25) is 5.91 Å². The highest BCUT2D eigenvalue weighted by molar-refractivity contribution is 5.92. The van der Waals surface area contributed by atoms with Gasteiger partial charge in [-0.25, -0.2) is 0 Å². The van der Waals surface area contributed by atoms with Crippen molar-refractivity contribution >= 4 is 29.5 Å². The highest BCUT2D eigenvalue weighted by atomic mass is 16.4. The number of carbonyl (C=O) groups excluding carboxylic acids is 2. The molecular formula is C18H17N2O3-. The summed E-state index contributed by atoms with van der Waals surface area (Å²) >= 11 is 0. The summed E-state index contributed by atoms with van der Waals surface area (Å²) < 4.78 is 0. The first-order valence-corrected chi connectivity index (χ1v) is 7.23. The third-order valence-corrected chi connectivity index (χ3v) is 3.15. The molecule has 5 heteroatoms. The second-order valence-electron chi connectivity index (χ2n) is 5.14. The second-order valence-corrected chi connectivity index (χ2v) is 5.14. The number of aliphatic imine (C=N–C) groups is 1. The molecule has 0 saturated carbocycles. The van der Waals surface area contributed by atoms with Crippen molar-refractivity contribution in [2.75, 3.05) is 5.32 Å². The SMILES string of the molecule is Cc1ccc(C=Nc2ccc(NC(=O)CCC(=O)[O-])cc2)cc1. The molecule has 2 aromatic rings. The van der Waals surface area contributed by atoms with Crippen LogP contribution in [0, 0.1) is 6.92 Å². The lowest BCUT2D eigenvalue weighted by Gasteiger charge is -2.05. The molecule has 0 radical (unpaired) electrons. The molecule has 0 aliphatic carbocycles. The van der Waals surface area contributed by atoms with Crippen molar-refractivity contribution in [3.63, 3.8) is 0 Å². The normalized spacial score (nSPS) is 10.7. The summed E-state index contributed by atoms with van der Waals surface area (Å²) in [7, 11) is 0. The number of hydrogen-bond donors (Lipinski definition) is 1. The van der Waals surface area contributed by atoms with E-state index in [-0.39, 0.29) is 18.7 Å². The summed E-state index contributed by atoms with van der Waals surface area (Å²) in [5.41, 5.74) is 3.57. The Morgan fingerprint density at radius 2 is 1.70 bits per heavy atom. The van der Waals surface area contributed by atoms with Crippen LogP contribution in [0.15, 0.2) is 53.5 Å². The Hall–Kier alpha value is -2.95. The average molecular weight is 309 g/mol. The highest BCUT2D eigenvalue weighted by Gasteiger charge is 2.02. The maximum absolute atomic E-state index is 11.5. The predicted molar refractivity (Wildman–Crippen MR) is 87.7 cm³/mol. The van der Waals surface area contributed by atoms with Crippen LogP contribution in [0.2, 0.25) is 0 Å². The summed E-state index contributed by atoms with van der Waals surface area (Å²) in [4.78, 5) is 26.2. The van der Waals surface area contributed by atoms with Crippen LogP contribution in [0.3, 0.4) is 0 Å². The third kappa shape index (κ3) is 5.74. The first-order valence-electron chi connectivity index (χ1n) is 7.23. The lowest BCUT2D eigenvalue weighted by molar-refractivity contribution is -0.305. The van der Waals surface area contributed by atoms with Crippen molar-refractivity contribution in [1.29, 1.82) is 0 Å². The molecule has 23 heavy (non-hydrogen) atoms. The van der Waals surface area contributed by atoms with E-state index in [4.69, 9.17) is 0 Å². The Kier molecular flexibility index (Phi) is 5.63. The molecule has 1 amide bonds. The fraction of sp³-hybridized carbons (Fsp3) is 0.167. The van der Waals surface area contributed by atoms with Crippen LogP contribution in [0.1, 0.15) is 24.0 Å². The van der Waals surface area contributed by atoms with Gasteiger partial charge in [-0.3, -0.25) is 9.79 Å². The molecule has 0 unspecified atom stereocenters. The molecule has 0 atom stereocenters. The van der Waals surface area contributed by atoms with Crippen LogP contribution < -0.4 is 10.4 Å². The molecule has 5 nitrogen and oxygen atoms in total. The van der Waals surface area contributed by atoms with E-state index >= 15 is 0 Å². The minimum atomic E-state index is -1.24. The second kappa shape index (κ2) is 7.89. The number of carboxylic acids is 1. The predicted octanol–water partition coefficient (Wildman–Crippen LogP) is 2.21. The topological polar surface area (TPSA) is 81.6 Å². The van der Waals surface area contributed by atoms with Crippen molar-refractivity contribution < 1.29 is 14.7 Å². The Morgan fingerprint density at radius 3 is 2.30 bits per heavy atom. The first-order chi connectivity index (χ1) is 11.0. The minimum absolute atomic E-state index is 0.102. The number of carbonyl (C=O) groups is 2.